The molecule has 0 aliphatic rings. The van der Waals surface area contributed by atoms with Crippen LogP contribution in [0.4, 0.5) is 5.69 Å². The van der Waals surface area contributed by atoms with Gasteiger partial charge in [-0.25, -0.2) is 0 Å². The Balaban J connectivity index is 1.82. The average molecular weight is 385 g/mol. The number of nitro groups is 1. The minimum atomic E-state index is -0.742. The fourth-order valence-corrected chi connectivity index (χ4v) is 2.52. The molecule has 3 aromatic rings. The highest BCUT2D eigenvalue weighted by Crippen LogP contribution is 2.36. The van der Waals surface area contributed by atoms with E-state index in [1.807, 2.05) is 0 Å². The normalized spacial score (nSPS) is 10.6. The standard InChI is InChI=1S/C18H15N3O7/c19-18(24)17-7-10(20-28-17)1-6-14-15(23)8-12(22)9-16(14)27-13-4-2-11(3-5-13)21(25)26/h2-5,7-9,22-23H,1,6H2,(H2,19,24). The Hall–Kier alpha value is -4.08. The molecule has 0 radical (unpaired) electrons. The SMILES string of the molecule is NC(=O)c1cc(CCc2c(O)cc(O)cc2Oc2ccc([N+](=O)[O-])cc2)no1. The summed E-state index contributed by atoms with van der Waals surface area (Å²) in [5.41, 5.74) is 5.84. The van der Waals surface area contributed by atoms with E-state index in [9.17, 15) is 25.1 Å². The number of hydrogen-bond acceptors (Lipinski definition) is 8. The smallest absolute Gasteiger partial charge is 0.287 e. The summed E-state index contributed by atoms with van der Waals surface area (Å²) in [5.74, 6) is -0.772. The molecule has 0 saturated carbocycles. The van der Waals surface area contributed by atoms with Crippen molar-refractivity contribution in [2.24, 2.45) is 5.73 Å². The zero-order chi connectivity index (χ0) is 20.3. The molecular weight excluding hydrogens is 370 g/mol. The van der Waals surface area contributed by atoms with Crippen molar-refractivity contribution in [2.75, 3.05) is 0 Å². The van der Waals surface area contributed by atoms with Crippen LogP contribution in [0.5, 0.6) is 23.0 Å². The van der Waals surface area contributed by atoms with Gasteiger partial charge in [0, 0.05) is 35.9 Å². The van der Waals surface area contributed by atoms with Crippen LogP contribution in [-0.2, 0) is 12.8 Å². The summed E-state index contributed by atoms with van der Waals surface area (Å²) >= 11 is 0. The van der Waals surface area contributed by atoms with E-state index in [4.69, 9.17) is 15.0 Å². The van der Waals surface area contributed by atoms with Gasteiger partial charge in [-0.15, -0.1) is 0 Å². The van der Waals surface area contributed by atoms with Crippen LogP contribution in [0.15, 0.2) is 47.0 Å². The Morgan fingerprint density at radius 2 is 1.89 bits per heavy atom. The van der Waals surface area contributed by atoms with E-state index in [0.29, 0.717) is 17.7 Å². The second-order valence-electron chi connectivity index (χ2n) is 5.84. The number of phenolic OH excluding ortho intramolecular Hbond substituents is 2. The number of phenols is 2. The molecule has 3 rings (SSSR count). The molecule has 2 aromatic carbocycles. The first kappa shape index (κ1) is 18.7. The summed E-state index contributed by atoms with van der Waals surface area (Å²) in [6, 6.07) is 9.23. The van der Waals surface area contributed by atoms with Crippen LogP contribution in [0, 0.1) is 10.1 Å². The lowest BCUT2D eigenvalue weighted by molar-refractivity contribution is -0.384. The van der Waals surface area contributed by atoms with Gasteiger partial charge in [-0.2, -0.15) is 0 Å². The number of non-ortho nitro benzene ring substituents is 1. The molecule has 0 aliphatic carbocycles. The maximum atomic E-state index is 11.1. The van der Waals surface area contributed by atoms with Gasteiger partial charge in [-0.3, -0.25) is 14.9 Å². The molecule has 1 heterocycles. The fraction of sp³-hybridized carbons (Fsp3) is 0.111. The maximum Gasteiger partial charge on any atom is 0.287 e. The van der Waals surface area contributed by atoms with E-state index in [-0.39, 0.29) is 40.9 Å². The third-order valence-corrected chi connectivity index (χ3v) is 3.88. The average Bonchev–Trinajstić information content (AvgIpc) is 3.10. The summed E-state index contributed by atoms with van der Waals surface area (Å²) in [4.78, 5) is 21.3. The minimum absolute atomic E-state index is 0.0766. The van der Waals surface area contributed by atoms with Crippen molar-refractivity contribution in [3.8, 4) is 23.0 Å². The number of nitrogens with two attached hydrogens (primary N) is 1. The molecule has 0 aliphatic heterocycles. The molecule has 1 aromatic heterocycles. The summed E-state index contributed by atoms with van der Waals surface area (Å²) in [6.07, 6.45) is 0.547. The van der Waals surface area contributed by atoms with Crippen molar-refractivity contribution in [3.05, 3.63) is 69.6 Å². The van der Waals surface area contributed by atoms with E-state index >= 15 is 0 Å². The summed E-state index contributed by atoms with van der Waals surface area (Å²) in [6.45, 7) is 0. The molecule has 0 fully saturated rings. The van der Waals surface area contributed by atoms with Crippen molar-refractivity contribution < 1.29 is 29.2 Å². The molecule has 0 atom stereocenters. The molecule has 10 nitrogen and oxygen atoms in total. The molecule has 0 unspecified atom stereocenters. The number of nitro benzene ring substituents is 1. The number of ether oxygens (including phenoxy) is 1. The van der Waals surface area contributed by atoms with Crippen LogP contribution in [0.3, 0.4) is 0 Å². The highest BCUT2D eigenvalue weighted by atomic mass is 16.6. The molecule has 4 N–H and O–H groups in total. The third-order valence-electron chi connectivity index (χ3n) is 3.88. The van der Waals surface area contributed by atoms with E-state index in [1.165, 1.54) is 36.4 Å². The lowest BCUT2D eigenvalue weighted by Crippen LogP contribution is -2.09. The highest BCUT2D eigenvalue weighted by molar-refractivity contribution is 5.89. The molecule has 10 heteroatoms. The summed E-state index contributed by atoms with van der Waals surface area (Å²) < 4.78 is 10.5. The Morgan fingerprint density at radius 3 is 2.50 bits per heavy atom. The molecule has 0 spiro atoms. The number of primary amides is 1. The Labute approximate surface area is 157 Å². The number of carbonyl (C=O) groups excluding carboxylic acids is 1. The number of aromatic hydroxyl groups is 2. The van der Waals surface area contributed by atoms with Gasteiger partial charge in [-0.1, -0.05) is 5.16 Å². The number of rotatable bonds is 7. The van der Waals surface area contributed by atoms with Crippen molar-refractivity contribution in [1.29, 1.82) is 0 Å². The number of aromatic nitrogens is 1. The van der Waals surface area contributed by atoms with Crippen LogP contribution in [-0.4, -0.2) is 26.2 Å². The second-order valence-corrected chi connectivity index (χ2v) is 5.84. The van der Waals surface area contributed by atoms with Gasteiger partial charge in [0.1, 0.15) is 23.0 Å². The molecule has 0 bridgehead atoms. The first-order valence-electron chi connectivity index (χ1n) is 8.06. The maximum absolute atomic E-state index is 11.1. The Bertz CT molecular complexity index is 1030. The van der Waals surface area contributed by atoms with Crippen LogP contribution < -0.4 is 10.5 Å². The van der Waals surface area contributed by atoms with E-state index in [2.05, 4.69) is 5.16 Å². The van der Waals surface area contributed by atoms with E-state index < -0.39 is 10.8 Å². The van der Waals surface area contributed by atoms with E-state index in [0.717, 1.165) is 6.07 Å². The fourth-order valence-electron chi connectivity index (χ4n) is 2.52. The number of hydrogen-bond donors (Lipinski definition) is 3. The van der Waals surface area contributed by atoms with Crippen LogP contribution in [0.25, 0.3) is 0 Å². The van der Waals surface area contributed by atoms with Gasteiger partial charge >= 0.3 is 0 Å². The van der Waals surface area contributed by atoms with Gasteiger partial charge in [0.2, 0.25) is 5.76 Å². The Kier molecular flexibility index (Phi) is 5.12. The zero-order valence-corrected chi connectivity index (χ0v) is 14.4. The number of amides is 1. The van der Waals surface area contributed by atoms with Crippen molar-refractivity contribution in [3.63, 3.8) is 0 Å². The Morgan fingerprint density at radius 1 is 1.18 bits per heavy atom. The molecule has 0 saturated heterocycles. The molecule has 144 valence electrons. The number of nitrogens with zero attached hydrogens (tertiary/aromatic N) is 2. The first-order chi connectivity index (χ1) is 13.3. The number of carbonyl (C=O) groups is 1. The minimum Gasteiger partial charge on any atom is -0.508 e. The van der Waals surface area contributed by atoms with E-state index in [1.54, 1.807) is 0 Å². The summed E-state index contributed by atoms with van der Waals surface area (Å²) in [5, 5.41) is 34.4. The van der Waals surface area contributed by atoms with Gasteiger partial charge in [-0.05, 0) is 25.0 Å². The van der Waals surface area contributed by atoms with Crippen molar-refractivity contribution >= 4 is 11.6 Å². The van der Waals surface area contributed by atoms with Gasteiger partial charge in [0.15, 0.2) is 0 Å². The third kappa shape index (κ3) is 4.18. The first-order valence-corrected chi connectivity index (χ1v) is 8.06. The van der Waals surface area contributed by atoms with Crippen molar-refractivity contribution in [2.45, 2.75) is 12.8 Å². The second kappa shape index (κ2) is 7.66. The van der Waals surface area contributed by atoms with Crippen molar-refractivity contribution in [1.82, 2.24) is 5.16 Å². The highest BCUT2D eigenvalue weighted by Gasteiger charge is 2.16. The monoisotopic (exact) mass is 385 g/mol. The number of benzene rings is 2. The predicted octanol–water partition coefficient (Wildman–Crippen LogP) is 2.67. The van der Waals surface area contributed by atoms with Crippen LogP contribution in [0.1, 0.15) is 21.8 Å². The van der Waals surface area contributed by atoms with Gasteiger partial charge in [0.05, 0.1) is 10.6 Å². The van der Waals surface area contributed by atoms with Crippen LogP contribution >= 0.6 is 0 Å². The molecule has 1 amide bonds. The van der Waals surface area contributed by atoms with Gasteiger partial charge < -0.3 is 25.2 Å². The lowest BCUT2D eigenvalue weighted by Gasteiger charge is -2.13. The number of aryl methyl sites for hydroxylation is 1. The summed E-state index contributed by atoms with van der Waals surface area (Å²) in [7, 11) is 0. The van der Waals surface area contributed by atoms with Crippen LogP contribution in [0.2, 0.25) is 0 Å². The predicted molar refractivity (Wildman–Crippen MR) is 95.4 cm³/mol. The quantitative estimate of drug-likeness (QED) is 0.413. The molecular formula is C18H15N3O7. The molecule has 28 heavy (non-hydrogen) atoms. The zero-order valence-electron chi connectivity index (χ0n) is 14.4. The lowest BCUT2D eigenvalue weighted by atomic mass is 10.1. The van der Waals surface area contributed by atoms with Gasteiger partial charge in [0.25, 0.3) is 11.6 Å². The largest absolute Gasteiger partial charge is 0.508 e. The topological polar surface area (TPSA) is 162 Å².